The van der Waals surface area contributed by atoms with E-state index in [9.17, 15) is 9.59 Å². The Kier molecular flexibility index (Phi) is 5.20. The molecule has 1 aromatic rings. The largest absolute Gasteiger partial charge is 0.463 e. The van der Waals surface area contributed by atoms with Gasteiger partial charge in [-0.1, -0.05) is 19.8 Å². The smallest absolute Gasteiger partial charge is 0.384 e. The molecule has 0 spiro atoms. The summed E-state index contributed by atoms with van der Waals surface area (Å²) in [6.45, 7) is 5.74. The van der Waals surface area contributed by atoms with Crippen molar-refractivity contribution in [1.29, 1.82) is 0 Å². The molecular weight excluding hydrogens is 252 g/mol. The molecule has 1 aromatic heterocycles. The summed E-state index contributed by atoms with van der Waals surface area (Å²) < 4.78 is 18.7. The summed E-state index contributed by atoms with van der Waals surface area (Å²) in [7, 11) is 1.19. The van der Waals surface area contributed by atoms with E-state index in [0.29, 0.717) is 0 Å². The van der Waals surface area contributed by atoms with Gasteiger partial charge in [0.2, 0.25) is 0 Å². The quantitative estimate of drug-likeness (QED) is 0.431. The third-order valence-corrected chi connectivity index (χ3v) is 2.72. The molecule has 6 heteroatoms. The average molecular weight is 272 g/mol. The van der Waals surface area contributed by atoms with E-state index in [2.05, 4.69) is 20.8 Å². The molecule has 0 radical (unpaired) electrons. The van der Waals surface area contributed by atoms with Crippen LogP contribution < -0.4 is 0 Å². The van der Waals surface area contributed by atoms with Gasteiger partial charge in [0.15, 0.2) is 0 Å². The first-order valence-corrected chi connectivity index (χ1v) is 6.31. The Labute approximate surface area is 112 Å². The molecule has 0 aromatic carbocycles. The van der Waals surface area contributed by atoms with Gasteiger partial charge >= 0.3 is 23.5 Å². The molecule has 1 heterocycles. The van der Waals surface area contributed by atoms with Crippen LogP contribution in [0.4, 0.5) is 0 Å². The van der Waals surface area contributed by atoms with Crippen LogP contribution >= 0.6 is 0 Å². The fourth-order valence-corrected chi connectivity index (χ4v) is 1.62. The van der Waals surface area contributed by atoms with Crippen molar-refractivity contribution in [3.8, 4) is 0 Å². The molecule has 0 atom stereocenters. The molecule has 0 amide bonds. The highest BCUT2D eigenvalue weighted by Gasteiger charge is 2.34. The van der Waals surface area contributed by atoms with E-state index in [1.165, 1.54) is 7.11 Å². The number of carbonyl (C=O) groups excluding carboxylic acids is 2. The number of esters is 2. The Hall–Kier alpha value is -1.72. The summed E-state index contributed by atoms with van der Waals surface area (Å²) in [6, 6.07) is 0. The van der Waals surface area contributed by atoms with Crippen LogP contribution in [-0.2, 0) is 9.47 Å². The Morgan fingerprint density at radius 3 is 2.16 bits per heavy atom. The summed E-state index contributed by atoms with van der Waals surface area (Å²) in [6.07, 6.45) is 3.89. The number of hydrogen-bond donors (Lipinski definition) is 0. The number of hydrogen-bond acceptors (Lipinski definition) is 6. The van der Waals surface area contributed by atoms with Gasteiger partial charge in [0.25, 0.3) is 0 Å². The first-order valence-electron chi connectivity index (χ1n) is 6.31. The molecule has 0 aliphatic carbocycles. The molecule has 0 N–H and O–H groups in total. The predicted octanol–water partition coefficient (Wildman–Crippen LogP) is 3.17. The molecule has 0 unspecified atom stereocenters. The van der Waals surface area contributed by atoms with Crippen LogP contribution in [0.2, 0.25) is 0 Å². The van der Waals surface area contributed by atoms with E-state index >= 15 is 0 Å². The Bertz CT molecular complexity index is 426. The van der Waals surface area contributed by atoms with Crippen LogP contribution in [0.15, 0.2) is 9.15 Å². The number of carbonyl (C=O) groups is 2. The van der Waals surface area contributed by atoms with Crippen molar-refractivity contribution in [1.82, 2.24) is 0 Å². The summed E-state index contributed by atoms with van der Waals surface area (Å²) >= 11 is 0. The first-order chi connectivity index (χ1) is 8.91. The van der Waals surface area contributed by atoms with E-state index in [1.54, 1.807) is 0 Å². The normalized spacial score (nSPS) is 11.4. The van der Waals surface area contributed by atoms with Crippen LogP contribution in [-0.4, -0.2) is 24.6 Å². The third kappa shape index (κ3) is 4.15. The highest BCUT2D eigenvalue weighted by molar-refractivity contribution is 5.99. The summed E-state index contributed by atoms with van der Waals surface area (Å²) in [5.41, 5.74) is -0.612. The molecule has 0 saturated heterocycles. The van der Waals surface area contributed by atoms with E-state index < -0.39 is 17.5 Å². The van der Waals surface area contributed by atoms with Crippen LogP contribution in [0.25, 0.3) is 0 Å². The Morgan fingerprint density at radius 1 is 1.11 bits per heavy atom. The topological polar surface area (TPSA) is 78.9 Å². The highest BCUT2D eigenvalue weighted by Crippen LogP contribution is 2.23. The Morgan fingerprint density at radius 2 is 1.68 bits per heavy atom. The second-order valence-corrected chi connectivity index (χ2v) is 4.92. The molecule has 0 aliphatic rings. The number of unbranched alkanes of at least 4 members (excludes halogenated alkanes) is 2. The van der Waals surface area contributed by atoms with Gasteiger partial charge in [-0.15, -0.1) is 0 Å². The van der Waals surface area contributed by atoms with E-state index in [0.717, 1.165) is 25.7 Å². The standard InChI is InChI=1S/C13H20O6/c1-5-6-7-8-13(2,3)17-12(15)10-9(18-19-10)11(14)16-4/h5-8H2,1-4H3. The molecular formula is C13H20O6. The van der Waals surface area contributed by atoms with Gasteiger partial charge < -0.3 is 9.47 Å². The van der Waals surface area contributed by atoms with Gasteiger partial charge in [0.1, 0.15) is 5.60 Å². The van der Waals surface area contributed by atoms with Crippen molar-refractivity contribution >= 4 is 11.9 Å². The molecule has 19 heavy (non-hydrogen) atoms. The van der Waals surface area contributed by atoms with Crippen LogP contribution in [0.1, 0.15) is 67.6 Å². The molecule has 0 saturated carbocycles. The number of methoxy groups -OCH3 is 1. The van der Waals surface area contributed by atoms with Crippen molar-refractivity contribution < 1.29 is 28.2 Å². The van der Waals surface area contributed by atoms with Crippen molar-refractivity contribution in [2.75, 3.05) is 7.11 Å². The lowest BCUT2D eigenvalue weighted by molar-refractivity contribution is -0.0563. The van der Waals surface area contributed by atoms with Gasteiger partial charge in [0.05, 0.1) is 7.11 Å². The van der Waals surface area contributed by atoms with E-state index in [-0.39, 0.29) is 11.5 Å². The fraction of sp³-hybridized carbons (Fsp3) is 0.692. The SMILES string of the molecule is CCCCCC(C)(C)OC(=O)c1ooc1C(=O)OC. The van der Waals surface area contributed by atoms with Gasteiger partial charge in [0, 0.05) is 0 Å². The van der Waals surface area contributed by atoms with Crippen molar-refractivity contribution in [2.24, 2.45) is 0 Å². The zero-order valence-electron chi connectivity index (χ0n) is 11.8. The molecule has 0 aliphatic heterocycles. The van der Waals surface area contributed by atoms with Gasteiger partial charge in [-0.05, 0) is 26.7 Å². The monoisotopic (exact) mass is 272 g/mol. The summed E-state index contributed by atoms with van der Waals surface area (Å²) in [5, 5.41) is 0. The Balaban J connectivity index is 2.57. The summed E-state index contributed by atoms with van der Waals surface area (Å²) in [5.74, 6) is -1.97. The van der Waals surface area contributed by atoms with Crippen molar-refractivity contribution in [3.05, 3.63) is 11.5 Å². The zero-order valence-corrected chi connectivity index (χ0v) is 11.8. The van der Waals surface area contributed by atoms with Crippen molar-refractivity contribution in [2.45, 2.75) is 52.1 Å². The van der Waals surface area contributed by atoms with Crippen LogP contribution in [0.3, 0.4) is 0 Å². The molecule has 6 nitrogen and oxygen atoms in total. The second kappa shape index (κ2) is 6.45. The van der Waals surface area contributed by atoms with Crippen molar-refractivity contribution in [3.63, 3.8) is 0 Å². The second-order valence-electron chi connectivity index (χ2n) is 4.92. The van der Waals surface area contributed by atoms with Gasteiger partial charge in [-0.25, -0.2) is 9.59 Å². The maximum atomic E-state index is 11.8. The number of ether oxygens (including phenoxy) is 2. The molecule has 0 bridgehead atoms. The minimum absolute atomic E-state index is 0.240. The zero-order chi connectivity index (χ0) is 14.5. The maximum Gasteiger partial charge on any atom is 0.384 e. The molecule has 1 rings (SSSR count). The van der Waals surface area contributed by atoms with Gasteiger partial charge in [-0.3, -0.25) is 9.15 Å². The summed E-state index contributed by atoms with van der Waals surface area (Å²) in [4.78, 5) is 23.0. The first kappa shape index (κ1) is 15.3. The minimum atomic E-state index is -0.762. The third-order valence-electron chi connectivity index (χ3n) is 2.72. The highest BCUT2D eigenvalue weighted by atomic mass is 17.0. The van der Waals surface area contributed by atoms with E-state index in [1.807, 2.05) is 13.8 Å². The molecule has 0 fully saturated rings. The predicted molar refractivity (Wildman–Crippen MR) is 66.0 cm³/mol. The lowest BCUT2D eigenvalue weighted by atomic mass is 10.0. The van der Waals surface area contributed by atoms with Gasteiger partial charge in [-0.2, -0.15) is 0 Å². The average Bonchev–Trinajstić information content (AvgIpc) is 2.26. The minimum Gasteiger partial charge on any atom is -0.463 e. The van der Waals surface area contributed by atoms with E-state index in [4.69, 9.17) is 4.74 Å². The molecule has 108 valence electrons. The lowest BCUT2D eigenvalue weighted by Crippen LogP contribution is -2.29. The van der Waals surface area contributed by atoms with Crippen LogP contribution in [0.5, 0.6) is 0 Å². The van der Waals surface area contributed by atoms with Crippen LogP contribution in [0, 0.1) is 0 Å². The maximum absolute atomic E-state index is 11.8. The fourth-order valence-electron chi connectivity index (χ4n) is 1.62. The number of rotatable bonds is 7. The lowest BCUT2D eigenvalue weighted by Gasteiger charge is -2.24.